The number of thiazole rings is 1. The molecule has 5 heteroatoms. The van der Waals surface area contributed by atoms with E-state index in [1.807, 2.05) is 6.92 Å². The lowest BCUT2D eigenvalue weighted by atomic mass is 10.2. The maximum atomic E-state index is 10.9. The van der Waals surface area contributed by atoms with E-state index in [1.54, 1.807) is 18.5 Å². The van der Waals surface area contributed by atoms with E-state index in [1.165, 1.54) is 17.4 Å². The summed E-state index contributed by atoms with van der Waals surface area (Å²) in [6, 6.07) is 3.21. The number of pyridine rings is 1. The predicted octanol–water partition coefficient (Wildman–Crippen LogP) is 2.25. The Morgan fingerprint density at radius 3 is 2.72 bits per heavy atom. The summed E-state index contributed by atoms with van der Waals surface area (Å²) < 4.78 is 0. The Morgan fingerprint density at radius 2 is 2.11 bits per heavy atom. The molecule has 0 bridgehead atoms. The van der Waals surface area contributed by atoms with Crippen LogP contribution >= 0.6 is 11.3 Å². The van der Waals surface area contributed by atoms with Crippen molar-refractivity contribution in [3.05, 3.63) is 45.2 Å². The number of hydrogen-bond donors (Lipinski definition) is 1. The van der Waals surface area contributed by atoms with Crippen LogP contribution in [0.3, 0.4) is 0 Å². The molecule has 0 saturated carbocycles. The van der Waals surface area contributed by atoms with Gasteiger partial charge in [-0.25, -0.2) is 14.8 Å². The molecule has 0 atom stereocenters. The van der Waals surface area contributed by atoms with Gasteiger partial charge in [0.25, 0.3) is 0 Å². The summed E-state index contributed by atoms with van der Waals surface area (Å²) in [4.78, 5) is 20.0. The van der Waals surface area contributed by atoms with Crippen molar-refractivity contribution in [2.45, 2.75) is 13.8 Å². The lowest BCUT2D eigenvalue weighted by molar-refractivity contribution is 0.0690. The predicted molar refractivity (Wildman–Crippen MR) is 68.8 cm³/mol. The SMILES string of the molecule is Cc1cc(C#Cc2ncsc2C)cc(C(=O)O)n1. The van der Waals surface area contributed by atoms with Gasteiger partial charge >= 0.3 is 5.97 Å². The number of rotatable bonds is 1. The number of aromatic carboxylic acids is 1. The maximum Gasteiger partial charge on any atom is 0.354 e. The zero-order valence-corrected chi connectivity index (χ0v) is 10.7. The normalized spacial score (nSPS) is 9.67. The molecule has 2 aromatic heterocycles. The van der Waals surface area contributed by atoms with Gasteiger partial charge in [0.05, 0.1) is 5.51 Å². The Morgan fingerprint density at radius 1 is 1.33 bits per heavy atom. The summed E-state index contributed by atoms with van der Waals surface area (Å²) in [6.07, 6.45) is 0. The monoisotopic (exact) mass is 258 g/mol. The molecule has 1 N–H and O–H groups in total. The molecule has 2 aromatic rings. The molecule has 0 aliphatic carbocycles. The standard InChI is InChI=1S/C13H10N2O2S/c1-8-5-10(6-12(15-8)13(16)17)3-4-11-9(2)18-7-14-11/h5-7H,1-2H3,(H,16,17). The summed E-state index contributed by atoms with van der Waals surface area (Å²) in [7, 11) is 0. The topological polar surface area (TPSA) is 63.1 Å². The van der Waals surface area contributed by atoms with Crippen molar-refractivity contribution < 1.29 is 9.90 Å². The van der Waals surface area contributed by atoms with E-state index < -0.39 is 5.97 Å². The number of aryl methyl sites for hydroxylation is 2. The fourth-order valence-corrected chi connectivity index (χ4v) is 1.94. The van der Waals surface area contributed by atoms with Crippen LogP contribution in [0.15, 0.2) is 17.6 Å². The van der Waals surface area contributed by atoms with E-state index >= 15 is 0 Å². The third-order valence-corrected chi connectivity index (χ3v) is 3.00. The van der Waals surface area contributed by atoms with E-state index in [-0.39, 0.29) is 5.69 Å². The van der Waals surface area contributed by atoms with Crippen LogP contribution < -0.4 is 0 Å². The quantitative estimate of drug-likeness (QED) is 0.797. The molecule has 0 unspecified atom stereocenters. The van der Waals surface area contributed by atoms with Gasteiger partial charge in [0.2, 0.25) is 0 Å². The largest absolute Gasteiger partial charge is 0.477 e. The van der Waals surface area contributed by atoms with Gasteiger partial charge in [-0.1, -0.05) is 5.92 Å². The number of nitrogens with zero attached hydrogens (tertiary/aromatic N) is 2. The number of hydrogen-bond acceptors (Lipinski definition) is 4. The number of carboxylic acid groups (broad SMARTS) is 1. The van der Waals surface area contributed by atoms with Gasteiger partial charge in [0, 0.05) is 16.1 Å². The zero-order valence-electron chi connectivity index (χ0n) is 9.89. The molecule has 18 heavy (non-hydrogen) atoms. The molecule has 2 rings (SSSR count). The Balaban J connectivity index is 2.38. The van der Waals surface area contributed by atoms with Crippen LogP contribution in [0.2, 0.25) is 0 Å². The molecule has 0 saturated heterocycles. The average molecular weight is 258 g/mol. The molecule has 0 fully saturated rings. The van der Waals surface area contributed by atoms with Crippen LogP contribution in [-0.2, 0) is 0 Å². The van der Waals surface area contributed by atoms with Gasteiger partial charge in [0.1, 0.15) is 11.4 Å². The van der Waals surface area contributed by atoms with E-state index in [4.69, 9.17) is 5.11 Å². The average Bonchev–Trinajstić information content (AvgIpc) is 2.71. The third-order valence-electron chi connectivity index (χ3n) is 2.24. The van der Waals surface area contributed by atoms with Crippen molar-refractivity contribution >= 4 is 17.3 Å². The molecule has 0 amide bonds. The molecule has 0 aliphatic rings. The zero-order chi connectivity index (χ0) is 13.1. The van der Waals surface area contributed by atoms with Gasteiger partial charge in [-0.05, 0) is 31.9 Å². The summed E-state index contributed by atoms with van der Waals surface area (Å²) in [5, 5.41) is 8.91. The highest BCUT2D eigenvalue weighted by atomic mass is 32.1. The fraction of sp³-hybridized carbons (Fsp3) is 0.154. The molecule has 2 heterocycles. The van der Waals surface area contributed by atoms with Crippen LogP contribution in [-0.4, -0.2) is 21.0 Å². The minimum atomic E-state index is -1.05. The van der Waals surface area contributed by atoms with E-state index in [9.17, 15) is 4.79 Å². The van der Waals surface area contributed by atoms with Gasteiger partial charge in [-0.15, -0.1) is 11.3 Å². The van der Waals surface area contributed by atoms with Crippen molar-refractivity contribution in [1.29, 1.82) is 0 Å². The van der Waals surface area contributed by atoms with Gasteiger partial charge in [0.15, 0.2) is 0 Å². The van der Waals surface area contributed by atoms with Crippen molar-refractivity contribution in [3.8, 4) is 11.8 Å². The Hall–Kier alpha value is -2.19. The summed E-state index contributed by atoms with van der Waals surface area (Å²) >= 11 is 1.53. The van der Waals surface area contributed by atoms with Gasteiger partial charge in [-0.3, -0.25) is 0 Å². The number of aromatic nitrogens is 2. The van der Waals surface area contributed by atoms with Gasteiger partial charge < -0.3 is 5.11 Å². The second-order valence-corrected chi connectivity index (χ2v) is 4.75. The first-order valence-corrected chi connectivity index (χ1v) is 6.08. The minimum Gasteiger partial charge on any atom is -0.477 e. The number of carboxylic acids is 1. The molecule has 90 valence electrons. The summed E-state index contributed by atoms with van der Waals surface area (Å²) in [5.74, 6) is 4.80. The second kappa shape index (κ2) is 4.98. The highest BCUT2D eigenvalue weighted by Gasteiger charge is 2.06. The third kappa shape index (κ3) is 2.73. The van der Waals surface area contributed by atoms with Crippen LogP contribution in [0.25, 0.3) is 0 Å². The Kier molecular flexibility index (Phi) is 3.40. The highest BCUT2D eigenvalue weighted by molar-refractivity contribution is 7.09. The molecular formula is C13H10N2O2S. The summed E-state index contributed by atoms with van der Waals surface area (Å²) in [5.41, 5.74) is 3.74. The van der Waals surface area contributed by atoms with Crippen LogP contribution in [0.4, 0.5) is 0 Å². The fourth-order valence-electron chi connectivity index (χ4n) is 1.41. The van der Waals surface area contributed by atoms with Crippen molar-refractivity contribution in [2.24, 2.45) is 0 Å². The Labute approximate surface area is 108 Å². The molecule has 4 nitrogen and oxygen atoms in total. The number of carbonyl (C=O) groups is 1. The molecule has 0 radical (unpaired) electrons. The van der Waals surface area contributed by atoms with Crippen LogP contribution in [0, 0.1) is 25.7 Å². The summed E-state index contributed by atoms with van der Waals surface area (Å²) in [6.45, 7) is 3.69. The smallest absolute Gasteiger partial charge is 0.354 e. The lowest BCUT2D eigenvalue weighted by Gasteiger charge is -1.97. The Bertz CT molecular complexity index is 665. The second-order valence-electron chi connectivity index (χ2n) is 3.69. The highest BCUT2D eigenvalue weighted by Crippen LogP contribution is 2.10. The first kappa shape index (κ1) is 12.3. The first-order chi connectivity index (χ1) is 8.56. The molecule has 0 aliphatic heterocycles. The van der Waals surface area contributed by atoms with Crippen LogP contribution in [0.1, 0.15) is 32.3 Å². The van der Waals surface area contributed by atoms with E-state index in [0.29, 0.717) is 11.3 Å². The van der Waals surface area contributed by atoms with Crippen molar-refractivity contribution in [3.63, 3.8) is 0 Å². The van der Waals surface area contributed by atoms with E-state index in [2.05, 4.69) is 21.8 Å². The molecule has 0 aromatic carbocycles. The van der Waals surface area contributed by atoms with Crippen LogP contribution in [0.5, 0.6) is 0 Å². The first-order valence-electron chi connectivity index (χ1n) is 5.20. The molecule has 0 spiro atoms. The lowest BCUT2D eigenvalue weighted by Crippen LogP contribution is -2.02. The molecular weight excluding hydrogens is 248 g/mol. The minimum absolute atomic E-state index is 0.00861. The van der Waals surface area contributed by atoms with Crippen molar-refractivity contribution in [1.82, 2.24) is 9.97 Å². The van der Waals surface area contributed by atoms with E-state index in [0.717, 1.165) is 10.6 Å². The van der Waals surface area contributed by atoms with Crippen molar-refractivity contribution in [2.75, 3.05) is 0 Å². The maximum absolute atomic E-state index is 10.9. The van der Waals surface area contributed by atoms with Gasteiger partial charge in [-0.2, -0.15) is 0 Å².